The van der Waals surface area contributed by atoms with Crippen molar-refractivity contribution in [1.82, 2.24) is 19.0 Å². The highest BCUT2D eigenvalue weighted by Gasteiger charge is 2.16. The van der Waals surface area contributed by atoms with Gasteiger partial charge in [-0.1, -0.05) is 54.1 Å². The lowest BCUT2D eigenvalue weighted by atomic mass is 10.1. The van der Waals surface area contributed by atoms with E-state index in [1.165, 1.54) is 16.9 Å². The summed E-state index contributed by atoms with van der Waals surface area (Å²) in [6.45, 7) is 3.96. The fraction of sp³-hybridized carbons (Fsp3) is 0.111. The van der Waals surface area contributed by atoms with Crippen LogP contribution in [0.4, 0.5) is 5.69 Å². The first-order valence-electron chi connectivity index (χ1n) is 11.1. The van der Waals surface area contributed by atoms with E-state index < -0.39 is 0 Å². The summed E-state index contributed by atoms with van der Waals surface area (Å²) in [7, 11) is 1.86. The van der Waals surface area contributed by atoms with Gasteiger partial charge in [-0.3, -0.25) is 14.5 Å². The van der Waals surface area contributed by atoms with Gasteiger partial charge in [0, 0.05) is 24.2 Å². The minimum absolute atomic E-state index is 0.179. The minimum atomic E-state index is -0.179. The average Bonchev–Trinajstić information content (AvgIpc) is 3.38. The van der Waals surface area contributed by atoms with Gasteiger partial charge in [0.1, 0.15) is 0 Å². The highest BCUT2D eigenvalue weighted by atomic mass is 32.1. The summed E-state index contributed by atoms with van der Waals surface area (Å²) in [6.07, 6.45) is 3.43. The molecule has 0 aliphatic carbocycles. The average molecular weight is 481 g/mol. The zero-order valence-electron chi connectivity index (χ0n) is 19.7. The molecule has 0 N–H and O–H groups in total. The molecule has 3 heterocycles. The predicted octanol–water partition coefficient (Wildman–Crippen LogP) is 4.83. The molecule has 8 heteroatoms. The van der Waals surface area contributed by atoms with Gasteiger partial charge < -0.3 is 0 Å². The maximum atomic E-state index is 13.4. The number of rotatable bonds is 5. The van der Waals surface area contributed by atoms with E-state index in [1.54, 1.807) is 21.8 Å². The molecule has 0 aliphatic rings. The molecule has 0 unspecified atom stereocenters. The summed E-state index contributed by atoms with van der Waals surface area (Å²) in [5.74, 6) is 0. The van der Waals surface area contributed by atoms with Gasteiger partial charge in [0.05, 0.1) is 29.0 Å². The molecule has 0 radical (unpaired) electrons. The molecule has 35 heavy (non-hydrogen) atoms. The van der Waals surface area contributed by atoms with Crippen molar-refractivity contribution in [2.75, 3.05) is 0 Å². The number of para-hydroxylation sites is 1. The van der Waals surface area contributed by atoms with Crippen molar-refractivity contribution in [3.8, 4) is 16.9 Å². The maximum absolute atomic E-state index is 13.4. The smallest absolute Gasteiger partial charge is 0.283 e. The molecule has 0 saturated carbocycles. The van der Waals surface area contributed by atoms with Crippen LogP contribution < -0.4 is 10.4 Å². The van der Waals surface area contributed by atoms with Crippen molar-refractivity contribution in [1.29, 1.82) is 0 Å². The Bertz CT molecular complexity index is 1620. The van der Waals surface area contributed by atoms with E-state index in [4.69, 9.17) is 10.1 Å². The van der Waals surface area contributed by atoms with Crippen molar-refractivity contribution in [2.45, 2.75) is 13.8 Å². The SMILES string of the molecule is Cc1ccc(-c2csc(=Nc3c(C)n(C)n(-c4ccccc4)c3=O)n2N=Cc2ccccn2)cc1. The lowest BCUT2D eigenvalue weighted by Gasteiger charge is -2.07. The van der Waals surface area contributed by atoms with Crippen molar-refractivity contribution in [3.63, 3.8) is 0 Å². The molecular weight excluding hydrogens is 456 g/mol. The molecule has 3 aromatic heterocycles. The molecule has 5 rings (SSSR count). The molecule has 0 fully saturated rings. The zero-order chi connectivity index (χ0) is 24.4. The van der Waals surface area contributed by atoms with Gasteiger partial charge in [0.2, 0.25) is 4.80 Å². The van der Waals surface area contributed by atoms with Gasteiger partial charge in [0.15, 0.2) is 5.69 Å². The Hall–Kier alpha value is -4.30. The number of aromatic nitrogens is 4. The summed E-state index contributed by atoms with van der Waals surface area (Å²) in [4.78, 5) is 23.2. The third kappa shape index (κ3) is 4.43. The van der Waals surface area contributed by atoms with E-state index in [9.17, 15) is 4.79 Å². The maximum Gasteiger partial charge on any atom is 0.297 e. The fourth-order valence-electron chi connectivity index (χ4n) is 3.76. The summed E-state index contributed by atoms with van der Waals surface area (Å²) in [6, 6.07) is 23.5. The van der Waals surface area contributed by atoms with Crippen LogP contribution in [0.15, 0.2) is 99.3 Å². The standard InChI is InChI=1S/C27H24N6OS/c1-19-12-14-21(15-13-19)24-18-35-27(32(24)29-17-22-9-7-8-16-28-22)30-25-20(2)31(3)33(26(25)34)23-10-5-4-6-11-23/h4-18H,1-3H3. The van der Waals surface area contributed by atoms with Crippen LogP contribution in [0.3, 0.4) is 0 Å². The Morgan fingerprint density at radius 1 is 0.943 bits per heavy atom. The first-order chi connectivity index (χ1) is 17.0. The molecular formula is C27H24N6OS. The lowest BCUT2D eigenvalue weighted by molar-refractivity contribution is 0.630. The molecule has 0 saturated heterocycles. The topological polar surface area (TPSA) is 69.5 Å². The number of hydrogen-bond acceptors (Lipinski definition) is 5. The Morgan fingerprint density at radius 2 is 1.69 bits per heavy atom. The van der Waals surface area contributed by atoms with E-state index in [0.717, 1.165) is 28.3 Å². The van der Waals surface area contributed by atoms with Crippen LogP contribution in [0.1, 0.15) is 17.0 Å². The normalized spacial score (nSPS) is 12.0. The Balaban J connectivity index is 1.69. The van der Waals surface area contributed by atoms with Crippen molar-refractivity contribution >= 4 is 23.2 Å². The zero-order valence-corrected chi connectivity index (χ0v) is 20.5. The van der Waals surface area contributed by atoms with E-state index in [-0.39, 0.29) is 5.56 Å². The van der Waals surface area contributed by atoms with Gasteiger partial charge in [0.25, 0.3) is 5.56 Å². The second kappa shape index (κ2) is 9.52. The van der Waals surface area contributed by atoms with E-state index in [1.807, 2.05) is 72.6 Å². The molecule has 174 valence electrons. The van der Waals surface area contributed by atoms with E-state index in [2.05, 4.69) is 36.2 Å². The molecule has 0 spiro atoms. The molecule has 2 aromatic carbocycles. The largest absolute Gasteiger partial charge is 0.297 e. The van der Waals surface area contributed by atoms with Crippen LogP contribution in [0.25, 0.3) is 16.9 Å². The number of pyridine rings is 1. The molecule has 5 aromatic rings. The fourth-order valence-corrected chi connectivity index (χ4v) is 4.60. The van der Waals surface area contributed by atoms with Gasteiger partial charge in [-0.15, -0.1) is 11.3 Å². The molecule has 0 atom stereocenters. The van der Waals surface area contributed by atoms with Crippen LogP contribution >= 0.6 is 11.3 Å². The van der Waals surface area contributed by atoms with Crippen LogP contribution in [-0.4, -0.2) is 25.2 Å². The molecule has 0 aliphatic heterocycles. The van der Waals surface area contributed by atoms with Crippen molar-refractivity contribution < 1.29 is 0 Å². The van der Waals surface area contributed by atoms with Gasteiger partial charge in [-0.2, -0.15) is 5.10 Å². The minimum Gasteiger partial charge on any atom is -0.283 e. The van der Waals surface area contributed by atoms with E-state index >= 15 is 0 Å². The van der Waals surface area contributed by atoms with Crippen molar-refractivity contribution in [3.05, 3.63) is 116 Å². The predicted molar refractivity (Wildman–Crippen MR) is 141 cm³/mol. The lowest BCUT2D eigenvalue weighted by Crippen LogP contribution is -2.19. The monoisotopic (exact) mass is 480 g/mol. The second-order valence-corrected chi connectivity index (χ2v) is 8.94. The highest BCUT2D eigenvalue weighted by molar-refractivity contribution is 7.07. The first kappa shape index (κ1) is 22.5. The summed E-state index contributed by atoms with van der Waals surface area (Å²) < 4.78 is 5.22. The van der Waals surface area contributed by atoms with E-state index in [0.29, 0.717) is 10.5 Å². The molecule has 0 bridgehead atoms. The molecule has 0 amide bonds. The Kier molecular flexibility index (Phi) is 6.12. The number of benzene rings is 2. The third-order valence-corrected chi connectivity index (χ3v) is 6.57. The third-order valence-electron chi connectivity index (χ3n) is 5.76. The van der Waals surface area contributed by atoms with Gasteiger partial charge in [-0.05, 0) is 38.1 Å². The van der Waals surface area contributed by atoms with Crippen molar-refractivity contribution in [2.24, 2.45) is 17.1 Å². The van der Waals surface area contributed by atoms with Gasteiger partial charge >= 0.3 is 0 Å². The Morgan fingerprint density at radius 3 is 2.40 bits per heavy atom. The molecule has 7 nitrogen and oxygen atoms in total. The van der Waals surface area contributed by atoms with Crippen LogP contribution in [0.5, 0.6) is 0 Å². The second-order valence-electron chi connectivity index (χ2n) is 8.10. The number of nitrogens with zero attached hydrogens (tertiary/aromatic N) is 6. The van der Waals surface area contributed by atoms with Crippen LogP contribution in [0, 0.1) is 13.8 Å². The number of thiazole rings is 1. The summed E-state index contributed by atoms with van der Waals surface area (Å²) in [5, 5.41) is 6.72. The highest BCUT2D eigenvalue weighted by Crippen LogP contribution is 2.22. The quantitative estimate of drug-likeness (QED) is 0.338. The number of hydrogen-bond donors (Lipinski definition) is 0. The summed E-state index contributed by atoms with van der Waals surface area (Å²) >= 11 is 1.44. The van der Waals surface area contributed by atoms with Crippen LogP contribution in [0.2, 0.25) is 0 Å². The summed E-state index contributed by atoms with van der Waals surface area (Å²) in [5.41, 5.74) is 5.57. The Labute approximate surface area is 206 Å². The van der Waals surface area contributed by atoms with Crippen LogP contribution in [-0.2, 0) is 7.05 Å². The number of aryl methyl sites for hydroxylation is 1. The van der Waals surface area contributed by atoms with Gasteiger partial charge in [-0.25, -0.2) is 14.4 Å². The first-order valence-corrected chi connectivity index (χ1v) is 12.0.